The molecule has 2 aromatic rings. The van der Waals surface area contributed by atoms with Gasteiger partial charge in [0.25, 0.3) is 5.91 Å². The molecule has 0 bridgehead atoms. The lowest BCUT2D eigenvalue weighted by atomic mass is 9.95. The number of carbonyl (C=O) groups excluding carboxylic acids is 3. The zero-order chi connectivity index (χ0) is 27.8. The molecule has 3 N–H and O–H groups in total. The van der Waals surface area contributed by atoms with Gasteiger partial charge < -0.3 is 29.6 Å². The first-order valence-corrected chi connectivity index (χ1v) is 12.0. The Morgan fingerprint density at radius 1 is 1.11 bits per heavy atom. The quantitative estimate of drug-likeness (QED) is 0.227. The first kappa shape index (κ1) is 28.6. The van der Waals surface area contributed by atoms with Gasteiger partial charge in [0.05, 0.1) is 48.7 Å². The summed E-state index contributed by atoms with van der Waals surface area (Å²) in [5, 5.41) is 9.77. The Kier molecular flexibility index (Phi) is 9.80. The molecule has 2 aromatic carbocycles. The molecule has 0 aliphatic carbocycles. The molecule has 11 nitrogen and oxygen atoms in total. The molecular weight excluding hydrogens is 539 g/mol. The number of nitrogens with zero attached hydrogens (tertiary/aromatic N) is 1. The van der Waals surface area contributed by atoms with E-state index in [9.17, 15) is 14.4 Å². The number of ether oxygens (including phenoxy) is 4. The lowest BCUT2D eigenvalue weighted by Gasteiger charge is -2.28. The molecular formula is C25H26Cl2N4O7. The fraction of sp³-hybridized carbons (Fsp3) is 0.280. The van der Waals surface area contributed by atoms with E-state index in [0.29, 0.717) is 32.6 Å². The summed E-state index contributed by atoms with van der Waals surface area (Å²) in [6.07, 6.45) is 1.37. The molecule has 1 heterocycles. The van der Waals surface area contributed by atoms with E-state index in [2.05, 4.69) is 21.2 Å². The fourth-order valence-corrected chi connectivity index (χ4v) is 4.27. The second kappa shape index (κ2) is 13.0. The topological polar surface area (TPSA) is 137 Å². The number of amides is 3. The van der Waals surface area contributed by atoms with Crippen LogP contribution in [0.25, 0.3) is 0 Å². The van der Waals surface area contributed by atoms with Crippen molar-refractivity contribution in [3.05, 3.63) is 62.8 Å². The van der Waals surface area contributed by atoms with Crippen molar-refractivity contribution >= 4 is 47.3 Å². The molecule has 0 saturated heterocycles. The number of benzene rings is 2. The number of carbonyl (C=O) groups is 3. The summed E-state index contributed by atoms with van der Waals surface area (Å²) in [4.78, 5) is 36.8. The van der Waals surface area contributed by atoms with Crippen molar-refractivity contribution in [3.63, 3.8) is 0 Å². The normalized spacial score (nSPS) is 15.0. The summed E-state index contributed by atoms with van der Waals surface area (Å²) in [5.74, 6) is -0.198. The minimum atomic E-state index is -0.775. The van der Waals surface area contributed by atoms with Crippen LogP contribution in [-0.2, 0) is 14.3 Å². The van der Waals surface area contributed by atoms with E-state index in [1.165, 1.54) is 20.4 Å². The number of hydrazone groups is 1. The van der Waals surface area contributed by atoms with Crippen molar-refractivity contribution in [1.82, 2.24) is 16.1 Å². The van der Waals surface area contributed by atoms with Gasteiger partial charge in [0.15, 0.2) is 23.9 Å². The minimum absolute atomic E-state index is 0.181. The molecule has 1 atom stereocenters. The van der Waals surface area contributed by atoms with E-state index in [1.54, 1.807) is 44.2 Å². The number of rotatable bonds is 10. The Morgan fingerprint density at radius 2 is 1.82 bits per heavy atom. The minimum Gasteiger partial charge on any atom is -0.494 e. The molecule has 1 aliphatic heterocycles. The number of methoxy groups -OCH3 is 2. The highest BCUT2D eigenvalue weighted by molar-refractivity contribution is 6.37. The average Bonchev–Trinajstić information content (AvgIpc) is 2.86. The number of allylic oxidation sites excluding steroid dienone is 1. The van der Waals surface area contributed by atoms with Gasteiger partial charge in [-0.2, -0.15) is 5.10 Å². The van der Waals surface area contributed by atoms with Crippen LogP contribution < -0.4 is 30.3 Å². The third kappa shape index (κ3) is 6.87. The zero-order valence-corrected chi connectivity index (χ0v) is 22.5. The Morgan fingerprint density at radius 3 is 2.45 bits per heavy atom. The molecule has 0 fully saturated rings. The van der Waals surface area contributed by atoms with Gasteiger partial charge in [-0.1, -0.05) is 29.3 Å². The molecule has 1 aliphatic rings. The molecule has 3 amide bonds. The van der Waals surface area contributed by atoms with E-state index in [0.717, 1.165) is 0 Å². The molecule has 13 heteroatoms. The highest BCUT2D eigenvalue weighted by Gasteiger charge is 2.32. The molecule has 202 valence electrons. The first-order valence-electron chi connectivity index (χ1n) is 11.3. The predicted octanol–water partition coefficient (Wildman–Crippen LogP) is 3.73. The molecule has 0 unspecified atom stereocenters. The Hall–Kier alpha value is -3.96. The van der Waals surface area contributed by atoms with Crippen molar-refractivity contribution in [1.29, 1.82) is 0 Å². The van der Waals surface area contributed by atoms with Crippen molar-refractivity contribution in [2.24, 2.45) is 5.10 Å². The number of esters is 1. The van der Waals surface area contributed by atoms with E-state index in [1.807, 2.05) is 0 Å². The van der Waals surface area contributed by atoms with Gasteiger partial charge in [-0.3, -0.25) is 4.79 Å². The van der Waals surface area contributed by atoms with Gasteiger partial charge >= 0.3 is 12.0 Å². The number of nitrogens with one attached hydrogen (secondary N) is 3. The second-order valence-electron chi connectivity index (χ2n) is 7.80. The maximum Gasteiger partial charge on any atom is 0.338 e. The Balaban J connectivity index is 1.68. The number of urea groups is 1. The van der Waals surface area contributed by atoms with Crippen LogP contribution in [0.5, 0.6) is 17.2 Å². The van der Waals surface area contributed by atoms with Crippen molar-refractivity contribution in [2.75, 3.05) is 27.4 Å². The maximum absolute atomic E-state index is 12.5. The van der Waals surface area contributed by atoms with Crippen molar-refractivity contribution in [2.45, 2.75) is 19.9 Å². The smallest absolute Gasteiger partial charge is 0.338 e. The van der Waals surface area contributed by atoms with Crippen LogP contribution in [0.1, 0.15) is 31.0 Å². The van der Waals surface area contributed by atoms with E-state index >= 15 is 0 Å². The summed E-state index contributed by atoms with van der Waals surface area (Å²) >= 11 is 12.2. The molecule has 0 spiro atoms. The molecule has 0 saturated carbocycles. The standard InChI is InChI=1S/C25H26Cl2N4O7/c1-5-37-24(33)21-13(2)29-25(34)30-22(21)15-6-7-18(19(10-15)35-3)38-12-20(32)31-28-11-14-8-16(26)23(36-4)17(27)9-14/h6-11,22H,5,12H2,1-4H3,(H,31,32)(H2,29,30,34)/b28-11-/t22-/m1/s1. The van der Waals surface area contributed by atoms with E-state index in [-0.39, 0.29) is 30.3 Å². The summed E-state index contributed by atoms with van der Waals surface area (Å²) in [7, 11) is 2.88. The molecule has 0 radical (unpaired) electrons. The Labute approximate surface area is 229 Å². The monoisotopic (exact) mass is 564 g/mol. The first-order chi connectivity index (χ1) is 18.2. The average molecular weight is 565 g/mol. The fourth-order valence-electron chi connectivity index (χ4n) is 3.61. The summed E-state index contributed by atoms with van der Waals surface area (Å²) in [5.41, 5.74) is 4.09. The molecule has 3 rings (SSSR count). The Bertz CT molecular complexity index is 1270. The van der Waals surface area contributed by atoms with Crippen LogP contribution in [0, 0.1) is 0 Å². The highest BCUT2D eigenvalue weighted by atomic mass is 35.5. The second-order valence-corrected chi connectivity index (χ2v) is 8.61. The summed E-state index contributed by atoms with van der Waals surface area (Å²) in [6.45, 7) is 3.12. The van der Waals surface area contributed by atoms with Crippen LogP contribution in [0.4, 0.5) is 4.79 Å². The van der Waals surface area contributed by atoms with Crippen LogP contribution in [-0.4, -0.2) is 51.6 Å². The van der Waals surface area contributed by atoms with Crippen molar-refractivity contribution in [3.8, 4) is 17.2 Å². The maximum atomic E-state index is 12.5. The van der Waals surface area contributed by atoms with Gasteiger partial charge in [0.1, 0.15) is 0 Å². The van der Waals surface area contributed by atoms with E-state index < -0.39 is 23.9 Å². The van der Waals surface area contributed by atoms with Gasteiger partial charge in [0, 0.05) is 5.70 Å². The number of hydrogen-bond acceptors (Lipinski definition) is 8. The lowest BCUT2D eigenvalue weighted by molar-refractivity contribution is -0.139. The predicted molar refractivity (Wildman–Crippen MR) is 141 cm³/mol. The SMILES string of the molecule is CCOC(=O)C1=C(C)NC(=O)N[C@@H]1c1ccc(OCC(=O)N/N=C\c2cc(Cl)c(OC)c(Cl)c2)c(OC)c1. The van der Waals surface area contributed by atoms with Gasteiger partial charge in [-0.25, -0.2) is 15.0 Å². The number of hydrogen-bond donors (Lipinski definition) is 3. The van der Waals surface area contributed by atoms with Crippen LogP contribution >= 0.6 is 23.2 Å². The number of halogens is 2. The largest absolute Gasteiger partial charge is 0.494 e. The highest BCUT2D eigenvalue weighted by Crippen LogP contribution is 2.35. The van der Waals surface area contributed by atoms with Crippen molar-refractivity contribution < 1.29 is 33.3 Å². The summed E-state index contributed by atoms with van der Waals surface area (Å²) in [6, 6.07) is 6.75. The van der Waals surface area contributed by atoms with Gasteiger partial charge in [-0.15, -0.1) is 0 Å². The summed E-state index contributed by atoms with van der Waals surface area (Å²) < 4.78 is 21.2. The van der Waals surface area contributed by atoms with Gasteiger partial charge in [-0.05, 0) is 49.2 Å². The third-order valence-corrected chi connectivity index (χ3v) is 5.83. The zero-order valence-electron chi connectivity index (χ0n) is 21.0. The molecule has 38 heavy (non-hydrogen) atoms. The van der Waals surface area contributed by atoms with Gasteiger partial charge in [0.2, 0.25) is 0 Å². The third-order valence-electron chi connectivity index (χ3n) is 5.27. The van der Waals surface area contributed by atoms with Crippen LogP contribution in [0.3, 0.4) is 0 Å². The van der Waals surface area contributed by atoms with E-state index in [4.69, 9.17) is 42.1 Å². The lowest BCUT2D eigenvalue weighted by Crippen LogP contribution is -2.45. The molecule has 0 aromatic heterocycles. The van der Waals surface area contributed by atoms with Crippen LogP contribution in [0.15, 0.2) is 46.7 Å². The van der Waals surface area contributed by atoms with Crippen LogP contribution in [0.2, 0.25) is 10.0 Å².